The zero-order valence-electron chi connectivity index (χ0n) is 10.8. The quantitative estimate of drug-likeness (QED) is 0.743. The van der Waals surface area contributed by atoms with Crippen LogP contribution >= 0.6 is 0 Å². The summed E-state index contributed by atoms with van der Waals surface area (Å²) in [6, 6.07) is 6.03. The van der Waals surface area contributed by atoms with Crippen molar-refractivity contribution in [2.45, 2.75) is 26.2 Å². The Morgan fingerprint density at radius 1 is 1.28 bits per heavy atom. The molecule has 0 saturated carbocycles. The molecule has 1 saturated heterocycles. The van der Waals surface area contributed by atoms with Crippen molar-refractivity contribution in [2.24, 2.45) is 4.99 Å². The van der Waals surface area contributed by atoms with Gasteiger partial charge >= 0.3 is 0 Å². The number of aliphatic imine (C=N–C) groups is 1. The number of hydrogen-bond acceptors (Lipinski definition) is 2. The first-order chi connectivity index (χ1) is 8.77. The molecule has 1 amide bonds. The molecule has 2 aliphatic heterocycles. The zero-order valence-corrected chi connectivity index (χ0v) is 10.8. The maximum absolute atomic E-state index is 12.5. The fourth-order valence-electron chi connectivity index (χ4n) is 2.91. The Morgan fingerprint density at radius 3 is 2.83 bits per heavy atom. The topological polar surface area (TPSA) is 32.7 Å². The normalized spacial score (nSPS) is 18.5. The minimum atomic E-state index is 0.207. The smallest absolute Gasteiger partial charge is 0.254 e. The van der Waals surface area contributed by atoms with Crippen LogP contribution in [0.4, 0.5) is 0 Å². The molecule has 0 spiro atoms. The highest BCUT2D eigenvalue weighted by Gasteiger charge is 2.24. The summed E-state index contributed by atoms with van der Waals surface area (Å²) in [6.07, 6.45) is 3.17. The summed E-state index contributed by atoms with van der Waals surface area (Å²) < 4.78 is 0. The maximum atomic E-state index is 12.5. The molecule has 0 aromatic heterocycles. The van der Waals surface area contributed by atoms with Gasteiger partial charge in [0, 0.05) is 30.9 Å². The Hall–Kier alpha value is -1.64. The van der Waals surface area contributed by atoms with Gasteiger partial charge in [-0.1, -0.05) is 12.1 Å². The van der Waals surface area contributed by atoms with Gasteiger partial charge in [0.2, 0.25) is 0 Å². The van der Waals surface area contributed by atoms with Gasteiger partial charge in [-0.2, -0.15) is 0 Å². The predicted molar refractivity (Wildman–Crippen MR) is 72.4 cm³/mol. The summed E-state index contributed by atoms with van der Waals surface area (Å²) in [4.78, 5) is 19.0. The molecule has 94 valence electrons. The molecule has 0 N–H and O–H groups in total. The summed E-state index contributed by atoms with van der Waals surface area (Å²) in [5.74, 6) is 0.207. The first-order valence-corrected chi connectivity index (χ1v) is 6.70. The van der Waals surface area contributed by atoms with Gasteiger partial charge in [0.25, 0.3) is 5.91 Å². The highest BCUT2D eigenvalue weighted by Crippen LogP contribution is 2.23. The lowest BCUT2D eigenvalue weighted by atomic mass is 9.93. The van der Waals surface area contributed by atoms with Crippen molar-refractivity contribution in [3.05, 3.63) is 34.9 Å². The second-order valence-corrected chi connectivity index (χ2v) is 5.05. The summed E-state index contributed by atoms with van der Waals surface area (Å²) in [5, 5.41) is 0. The van der Waals surface area contributed by atoms with Crippen molar-refractivity contribution < 1.29 is 4.79 Å². The van der Waals surface area contributed by atoms with Crippen molar-refractivity contribution >= 4 is 11.6 Å². The van der Waals surface area contributed by atoms with E-state index < -0.39 is 0 Å². The zero-order chi connectivity index (χ0) is 12.5. The molecule has 1 fully saturated rings. The van der Waals surface area contributed by atoms with Gasteiger partial charge in [-0.25, -0.2) is 0 Å². The van der Waals surface area contributed by atoms with E-state index in [-0.39, 0.29) is 5.91 Å². The molecule has 2 heterocycles. The van der Waals surface area contributed by atoms with E-state index in [4.69, 9.17) is 0 Å². The Kier molecular flexibility index (Phi) is 2.90. The van der Waals surface area contributed by atoms with Crippen LogP contribution in [0.2, 0.25) is 0 Å². The van der Waals surface area contributed by atoms with Crippen LogP contribution in [-0.4, -0.2) is 36.2 Å². The molecule has 1 aromatic carbocycles. The second-order valence-electron chi connectivity index (χ2n) is 5.05. The average molecular weight is 242 g/mol. The number of benzene rings is 1. The number of likely N-dealkylation sites (tertiary alicyclic amines) is 1. The number of fused-ring (bicyclic) bond motifs is 1. The Labute approximate surface area is 108 Å². The van der Waals surface area contributed by atoms with Crippen LogP contribution in [0.25, 0.3) is 0 Å². The van der Waals surface area contributed by atoms with Gasteiger partial charge in [-0.15, -0.1) is 0 Å². The Bertz CT molecular complexity index is 513. The van der Waals surface area contributed by atoms with E-state index in [2.05, 4.69) is 11.1 Å². The van der Waals surface area contributed by atoms with Crippen LogP contribution in [0, 0.1) is 0 Å². The molecule has 2 aliphatic rings. The van der Waals surface area contributed by atoms with Crippen molar-refractivity contribution in [1.29, 1.82) is 0 Å². The molecule has 3 heteroatoms. The van der Waals surface area contributed by atoms with Crippen LogP contribution in [0.3, 0.4) is 0 Å². The molecule has 0 radical (unpaired) electrons. The van der Waals surface area contributed by atoms with Gasteiger partial charge in [0.05, 0.1) is 0 Å². The lowest BCUT2D eigenvalue weighted by Gasteiger charge is -2.21. The van der Waals surface area contributed by atoms with Gasteiger partial charge in [0.15, 0.2) is 0 Å². The first kappa shape index (κ1) is 11.5. The molecular weight excluding hydrogens is 224 g/mol. The maximum Gasteiger partial charge on any atom is 0.254 e. The lowest BCUT2D eigenvalue weighted by Crippen LogP contribution is -2.29. The summed E-state index contributed by atoms with van der Waals surface area (Å²) in [5.41, 5.74) is 4.31. The molecule has 0 unspecified atom stereocenters. The first-order valence-electron chi connectivity index (χ1n) is 6.70. The summed E-state index contributed by atoms with van der Waals surface area (Å²) >= 11 is 0. The monoisotopic (exact) mass is 242 g/mol. The summed E-state index contributed by atoms with van der Waals surface area (Å²) in [6.45, 7) is 4.66. The molecular formula is C15H18N2O. The van der Waals surface area contributed by atoms with E-state index in [1.165, 1.54) is 5.56 Å². The van der Waals surface area contributed by atoms with Gasteiger partial charge in [0.1, 0.15) is 0 Å². The molecule has 0 atom stereocenters. The molecule has 1 aromatic rings. The molecule has 18 heavy (non-hydrogen) atoms. The molecule has 3 nitrogen and oxygen atoms in total. The average Bonchev–Trinajstić information content (AvgIpc) is 2.92. The third-order valence-corrected chi connectivity index (χ3v) is 3.90. The summed E-state index contributed by atoms with van der Waals surface area (Å²) in [7, 11) is 0. The fraction of sp³-hybridized carbons (Fsp3) is 0.467. The standard InChI is InChI=1S/C15H18N2O/c1-11-12-5-4-6-14(13(12)7-8-16-11)15(18)17-9-2-3-10-17/h4-6H,2-3,7-10H2,1H3. The van der Waals surface area contributed by atoms with E-state index in [9.17, 15) is 4.79 Å². The van der Waals surface area contributed by atoms with E-state index in [1.807, 2.05) is 24.0 Å². The van der Waals surface area contributed by atoms with Crippen LogP contribution in [0.15, 0.2) is 23.2 Å². The predicted octanol–water partition coefficient (Wildman–Crippen LogP) is 2.29. The lowest BCUT2D eigenvalue weighted by molar-refractivity contribution is 0.0791. The third-order valence-electron chi connectivity index (χ3n) is 3.90. The fourth-order valence-corrected chi connectivity index (χ4v) is 2.91. The van der Waals surface area contributed by atoms with Crippen molar-refractivity contribution in [3.8, 4) is 0 Å². The molecule has 0 aliphatic carbocycles. The van der Waals surface area contributed by atoms with Crippen molar-refractivity contribution in [3.63, 3.8) is 0 Å². The molecule has 3 rings (SSSR count). The van der Waals surface area contributed by atoms with E-state index in [0.717, 1.165) is 55.7 Å². The highest BCUT2D eigenvalue weighted by molar-refractivity contribution is 6.05. The third kappa shape index (κ3) is 1.84. The number of hydrogen-bond donors (Lipinski definition) is 0. The van der Waals surface area contributed by atoms with E-state index in [0.29, 0.717) is 0 Å². The highest BCUT2D eigenvalue weighted by atomic mass is 16.2. The largest absolute Gasteiger partial charge is 0.339 e. The van der Waals surface area contributed by atoms with E-state index in [1.54, 1.807) is 0 Å². The number of carbonyl (C=O) groups is 1. The minimum Gasteiger partial charge on any atom is -0.339 e. The van der Waals surface area contributed by atoms with Gasteiger partial charge < -0.3 is 4.90 Å². The van der Waals surface area contributed by atoms with Gasteiger partial charge in [-0.3, -0.25) is 9.79 Å². The number of nitrogens with zero attached hydrogens (tertiary/aromatic N) is 2. The van der Waals surface area contributed by atoms with Crippen LogP contribution in [0.1, 0.15) is 41.3 Å². The van der Waals surface area contributed by atoms with Crippen LogP contribution in [0.5, 0.6) is 0 Å². The van der Waals surface area contributed by atoms with Crippen molar-refractivity contribution in [2.75, 3.05) is 19.6 Å². The van der Waals surface area contributed by atoms with Crippen molar-refractivity contribution in [1.82, 2.24) is 4.90 Å². The second kappa shape index (κ2) is 4.56. The van der Waals surface area contributed by atoms with Crippen LogP contribution in [-0.2, 0) is 6.42 Å². The number of rotatable bonds is 1. The molecule has 0 bridgehead atoms. The Balaban J connectivity index is 2.00. The van der Waals surface area contributed by atoms with Gasteiger partial charge in [-0.05, 0) is 43.4 Å². The number of carbonyl (C=O) groups excluding carboxylic acids is 1. The van der Waals surface area contributed by atoms with Crippen LogP contribution < -0.4 is 0 Å². The van der Waals surface area contributed by atoms with E-state index >= 15 is 0 Å². The Morgan fingerprint density at radius 2 is 2.06 bits per heavy atom. The minimum absolute atomic E-state index is 0.207. The SMILES string of the molecule is CC1=NCCc2c(C(=O)N3CCCC3)cccc21. The number of amides is 1.